The minimum Gasteiger partial charge on any atom is -0.343 e. The zero-order valence-corrected chi connectivity index (χ0v) is 13.1. The third-order valence-corrected chi connectivity index (χ3v) is 3.35. The Labute approximate surface area is 138 Å². The highest BCUT2D eigenvalue weighted by Crippen LogP contribution is 2.13. The van der Waals surface area contributed by atoms with Gasteiger partial charge in [-0.15, -0.1) is 0 Å². The van der Waals surface area contributed by atoms with Crippen LogP contribution in [-0.2, 0) is 11.2 Å². The van der Waals surface area contributed by atoms with Gasteiger partial charge in [-0.05, 0) is 30.2 Å². The van der Waals surface area contributed by atoms with Crippen molar-refractivity contribution in [1.82, 2.24) is 5.32 Å². The number of non-ortho nitro benzene ring substituents is 1. The molecule has 7 nitrogen and oxygen atoms in total. The lowest BCUT2D eigenvalue weighted by atomic mass is 10.1. The van der Waals surface area contributed by atoms with Crippen molar-refractivity contribution in [1.29, 1.82) is 0 Å². The quantitative estimate of drug-likeness (QED) is 0.628. The lowest BCUT2D eigenvalue weighted by molar-refractivity contribution is -0.384. The first-order valence-corrected chi connectivity index (χ1v) is 7.41. The van der Waals surface area contributed by atoms with Crippen LogP contribution >= 0.6 is 0 Å². The van der Waals surface area contributed by atoms with Crippen LogP contribution in [0.15, 0.2) is 48.5 Å². The summed E-state index contributed by atoms with van der Waals surface area (Å²) in [5.74, 6) is -0.918. The molecule has 0 spiro atoms. The summed E-state index contributed by atoms with van der Waals surface area (Å²) >= 11 is 0. The normalized spacial score (nSPS) is 10.0. The van der Waals surface area contributed by atoms with Gasteiger partial charge in [0, 0.05) is 23.4 Å². The van der Waals surface area contributed by atoms with Crippen LogP contribution in [0.3, 0.4) is 0 Å². The molecule has 0 atom stereocenters. The van der Waals surface area contributed by atoms with Gasteiger partial charge in [-0.25, -0.2) is 0 Å². The molecule has 0 fully saturated rings. The van der Waals surface area contributed by atoms with Crippen molar-refractivity contribution in [3.8, 4) is 0 Å². The Morgan fingerprint density at radius 3 is 2.58 bits per heavy atom. The summed E-state index contributed by atoms with van der Waals surface area (Å²) in [4.78, 5) is 34.0. The van der Waals surface area contributed by atoms with Crippen LogP contribution in [0.25, 0.3) is 0 Å². The van der Waals surface area contributed by atoms with Crippen LogP contribution < -0.4 is 10.6 Å². The number of nitrogens with one attached hydrogen (secondary N) is 2. The van der Waals surface area contributed by atoms with Gasteiger partial charge in [-0.3, -0.25) is 19.7 Å². The van der Waals surface area contributed by atoms with E-state index >= 15 is 0 Å². The molecular formula is C17H17N3O4. The summed E-state index contributed by atoms with van der Waals surface area (Å²) in [5.41, 5.74) is 1.70. The number of nitro groups is 1. The molecule has 2 rings (SSSR count). The van der Waals surface area contributed by atoms with Crippen molar-refractivity contribution < 1.29 is 14.5 Å². The second-order valence-corrected chi connectivity index (χ2v) is 5.09. The number of carbonyl (C=O) groups excluding carboxylic acids is 2. The number of amides is 2. The minimum absolute atomic E-state index is 0.130. The molecule has 2 aromatic carbocycles. The Kier molecular flexibility index (Phi) is 5.62. The molecule has 0 heterocycles. The zero-order valence-electron chi connectivity index (χ0n) is 13.1. The summed E-state index contributed by atoms with van der Waals surface area (Å²) in [6.07, 6.45) is 0.854. The third kappa shape index (κ3) is 4.64. The molecule has 124 valence electrons. The predicted octanol–water partition coefficient (Wildman–Crippen LogP) is 2.53. The summed E-state index contributed by atoms with van der Waals surface area (Å²) < 4.78 is 0. The minimum atomic E-state index is -0.579. The fraction of sp³-hybridized carbons (Fsp3) is 0.176. The Bertz CT molecular complexity index is 774. The van der Waals surface area contributed by atoms with Gasteiger partial charge in [0.15, 0.2) is 0 Å². The van der Waals surface area contributed by atoms with E-state index in [0.29, 0.717) is 5.69 Å². The molecule has 0 aliphatic rings. The monoisotopic (exact) mass is 327 g/mol. The fourth-order valence-corrected chi connectivity index (χ4v) is 2.10. The van der Waals surface area contributed by atoms with E-state index in [4.69, 9.17) is 0 Å². The molecule has 0 saturated heterocycles. The van der Waals surface area contributed by atoms with Crippen LogP contribution in [0.2, 0.25) is 0 Å². The Morgan fingerprint density at radius 2 is 1.88 bits per heavy atom. The van der Waals surface area contributed by atoms with E-state index in [1.165, 1.54) is 18.2 Å². The zero-order chi connectivity index (χ0) is 17.5. The molecule has 0 aliphatic carbocycles. The number of carbonyl (C=O) groups is 2. The lowest BCUT2D eigenvalue weighted by Crippen LogP contribution is -2.32. The van der Waals surface area contributed by atoms with Gasteiger partial charge in [0.1, 0.15) is 0 Å². The first kappa shape index (κ1) is 17.1. The number of hydrogen-bond donors (Lipinski definition) is 2. The largest absolute Gasteiger partial charge is 0.343 e. The molecule has 7 heteroatoms. The molecular weight excluding hydrogens is 310 g/mol. The van der Waals surface area contributed by atoms with Gasteiger partial charge in [-0.2, -0.15) is 0 Å². The molecule has 0 bridgehead atoms. The fourth-order valence-electron chi connectivity index (χ4n) is 2.10. The van der Waals surface area contributed by atoms with E-state index in [0.717, 1.165) is 18.1 Å². The number of benzene rings is 2. The maximum absolute atomic E-state index is 12.0. The van der Waals surface area contributed by atoms with E-state index in [9.17, 15) is 19.7 Å². The summed E-state index contributed by atoms with van der Waals surface area (Å²) in [7, 11) is 0. The Morgan fingerprint density at radius 1 is 1.12 bits per heavy atom. The lowest BCUT2D eigenvalue weighted by Gasteiger charge is -2.08. The van der Waals surface area contributed by atoms with E-state index < -0.39 is 10.8 Å². The standard InChI is InChI=1S/C17H17N3O4/c1-2-12-5-3-7-14(9-12)19-16(21)11-18-17(22)13-6-4-8-15(10-13)20(23)24/h3-10H,2,11H2,1H3,(H,18,22)(H,19,21). The second-order valence-electron chi connectivity index (χ2n) is 5.09. The molecule has 2 amide bonds. The SMILES string of the molecule is CCc1cccc(NC(=O)CNC(=O)c2cccc([N+](=O)[O-])c2)c1. The average Bonchev–Trinajstić information content (AvgIpc) is 2.60. The van der Waals surface area contributed by atoms with Gasteiger partial charge in [0.05, 0.1) is 11.5 Å². The van der Waals surface area contributed by atoms with Gasteiger partial charge in [0.25, 0.3) is 11.6 Å². The average molecular weight is 327 g/mol. The van der Waals surface area contributed by atoms with Crippen LogP contribution in [-0.4, -0.2) is 23.3 Å². The summed E-state index contributed by atoms with van der Waals surface area (Å²) in [5, 5.41) is 15.8. The van der Waals surface area contributed by atoms with Gasteiger partial charge in [0.2, 0.25) is 5.91 Å². The molecule has 2 N–H and O–H groups in total. The number of rotatable bonds is 6. The Balaban J connectivity index is 1.92. The highest BCUT2D eigenvalue weighted by atomic mass is 16.6. The van der Waals surface area contributed by atoms with Crippen molar-refractivity contribution in [2.24, 2.45) is 0 Å². The van der Waals surface area contributed by atoms with Crippen molar-refractivity contribution in [3.05, 3.63) is 69.8 Å². The second kappa shape index (κ2) is 7.87. The molecule has 0 saturated carbocycles. The van der Waals surface area contributed by atoms with Crippen LogP contribution in [0, 0.1) is 10.1 Å². The highest BCUT2D eigenvalue weighted by Gasteiger charge is 2.12. The van der Waals surface area contributed by atoms with E-state index in [1.54, 1.807) is 6.07 Å². The van der Waals surface area contributed by atoms with Crippen molar-refractivity contribution in [2.75, 3.05) is 11.9 Å². The molecule has 0 aromatic heterocycles. The van der Waals surface area contributed by atoms with Gasteiger partial charge in [-0.1, -0.05) is 25.1 Å². The molecule has 0 radical (unpaired) electrons. The van der Waals surface area contributed by atoms with E-state index in [2.05, 4.69) is 10.6 Å². The molecule has 2 aromatic rings. The maximum Gasteiger partial charge on any atom is 0.270 e. The van der Waals surface area contributed by atoms with Crippen molar-refractivity contribution >= 4 is 23.2 Å². The number of hydrogen-bond acceptors (Lipinski definition) is 4. The smallest absolute Gasteiger partial charge is 0.270 e. The molecule has 0 aliphatic heterocycles. The van der Waals surface area contributed by atoms with Crippen LogP contribution in [0.1, 0.15) is 22.8 Å². The number of nitro benzene ring substituents is 1. The topological polar surface area (TPSA) is 101 Å². The van der Waals surface area contributed by atoms with Crippen LogP contribution in [0.4, 0.5) is 11.4 Å². The summed E-state index contributed by atoms with van der Waals surface area (Å²) in [6, 6.07) is 12.8. The number of nitrogens with zero attached hydrogens (tertiary/aromatic N) is 1. The number of aryl methyl sites for hydroxylation is 1. The van der Waals surface area contributed by atoms with Gasteiger partial charge < -0.3 is 10.6 Å². The predicted molar refractivity (Wildman–Crippen MR) is 89.9 cm³/mol. The van der Waals surface area contributed by atoms with Crippen molar-refractivity contribution in [3.63, 3.8) is 0 Å². The summed E-state index contributed by atoms with van der Waals surface area (Å²) in [6.45, 7) is 1.79. The maximum atomic E-state index is 12.0. The first-order valence-electron chi connectivity index (χ1n) is 7.41. The van der Waals surface area contributed by atoms with Crippen molar-refractivity contribution in [2.45, 2.75) is 13.3 Å². The molecule has 0 unspecified atom stereocenters. The van der Waals surface area contributed by atoms with Crippen LogP contribution in [0.5, 0.6) is 0 Å². The molecule has 24 heavy (non-hydrogen) atoms. The first-order chi connectivity index (χ1) is 11.5. The van der Waals surface area contributed by atoms with Gasteiger partial charge >= 0.3 is 0 Å². The number of anilines is 1. The van der Waals surface area contributed by atoms with E-state index in [-0.39, 0.29) is 23.7 Å². The van der Waals surface area contributed by atoms with E-state index in [1.807, 2.05) is 25.1 Å². The third-order valence-electron chi connectivity index (χ3n) is 3.35. The Hall–Kier alpha value is -3.22. The highest BCUT2D eigenvalue weighted by molar-refractivity contribution is 5.99.